The molecule has 12 nitrogen and oxygen atoms in total. The summed E-state index contributed by atoms with van der Waals surface area (Å²) in [5, 5.41) is 17.1. The van der Waals surface area contributed by atoms with Crippen LogP contribution in [0.3, 0.4) is 0 Å². The van der Waals surface area contributed by atoms with Crippen LogP contribution in [-0.4, -0.2) is 71.2 Å². The molecule has 3 amide bonds. The molecule has 0 aromatic carbocycles. The minimum Gasteiger partial charge on any atom is -0.480 e. The summed E-state index contributed by atoms with van der Waals surface area (Å²) < 4.78 is 0. The van der Waals surface area contributed by atoms with E-state index >= 15 is 0 Å². The number of nitrogens with one attached hydrogen (secondary N) is 3. The minimum atomic E-state index is -1.17. The average molecular weight is 490 g/mol. The van der Waals surface area contributed by atoms with E-state index in [2.05, 4.69) is 33.6 Å². The summed E-state index contributed by atoms with van der Waals surface area (Å²) in [6.45, 7) is 7.35. The van der Waals surface area contributed by atoms with E-state index in [1.54, 1.807) is 13.8 Å². The zero-order chi connectivity index (χ0) is 25.7. The van der Waals surface area contributed by atoms with Gasteiger partial charge < -0.3 is 38.3 Å². The lowest BCUT2D eigenvalue weighted by Crippen LogP contribution is -2.58. The van der Waals surface area contributed by atoms with E-state index in [1.807, 2.05) is 13.8 Å². The van der Waals surface area contributed by atoms with Crippen molar-refractivity contribution in [3.63, 3.8) is 0 Å². The summed E-state index contributed by atoms with van der Waals surface area (Å²) in [5.41, 5.74) is 16.3. The van der Waals surface area contributed by atoms with Gasteiger partial charge in [0.15, 0.2) is 5.96 Å². The highest BCUT2D eigenvalue weighted by atomic mass is 32.1. The zero-order valence-electron chi connectivity index (χ0n) is 19.7. The summed E-state index contributed by atoms with van der Waals surface area (Å²) in [6, 6.07) is -4.02. The number of carbonyl (C=O) groups excluding carboxylic acids is 3. The number of aliphatic carboxylic acids is 1. The first-order chi connectivity index (χ1) is 15.3. The molecule has 0 radical (unpaired) electrons. The molecular formula is C20H39N7O5S. The Balaban J connectivity index is 5.53. The van der Waals surface area contributed by atoms with E-state index in [0.717, 1.165) is 0 Å². The van der Waals surface area contributed by atoms with Crippen molar-refractivity contribution < 1.29 is 24.3 Å². The number of nitrogens with two attached hydrogens (primary N) is 3. The van der Waals surface area contributed by atoms with Crippen LogP contribution in [0.1, 0.15) is 47.0 Å². The number of carbonyl (C=O) groups is 4. The summed E-state index contributed by atoms with van der Waals surface area (Å²) in [7, 11) is 0. The highest BCUT2D eigenvalue weighted by Gasteiger charge is 2.31. The Morgan fingerprint density at radius 1 is 0.939 bits per heavy atom. The molecular weight excluding hydrogens is 450 g/mol. The van der Waals surface area contributed by atoms with Gasteiger partial charge in [0.2, 0.25) is 17.7 Å². The third-order valence-corrected chi connectivity index (χ3v) is 5.07. The van der Waals surface area contributed by atoms with Gasteiger partial charge in [-0.25, -0.2) is 4.79 Å². The summed E-state index contributed by atoms with van der Waals surface area (Å²) in [6.07, 6.45) is 0.723. The monoisotopic (exact) mass is 489 g/mol. The van der Waals surface area contributed by atoms with Gasteiger partial charge in [0, 0.05) is 12.3 Å². The first-order valence-electron chi connectivity index (χ1n) is 10.9. The van der Waals surface area contributed by atoms with Gasteiger partial charge in [-0.1, -0.05) is 27.7 Å². The molecule has 0 heterocycles. The maximum Gasteiger partial charge on any atom is 0.326 e. The summed E-state index contributed by atoms with van der Waals surface area (Å²) >= 11 is 3.98. The molecule has 4 unspecified atom stereocenters. The maximum absolute atomic E-state index is 12.9. The van der Waals surface area contributed by atoms with Gasteiger partial charge in [-0.2, -0.15) is 12.6 Å². The molecule has 0 bridgehead atoms. The molecule has 0 aliphatic heterocycles. The third kappa shape index (κ3) is 12.3. The highest BCUT2D eigenvalue weighted by molar-refractivity contribution is 7.80. The highest BCUT2D eigenvalue weighted by Crippen LogP contribution is 2.09. The largest absolute Gasteiger partial charge is 0.480 e. The molecule has 0 fully saturated rings. The van der Waals surface area contributed by atoms with Gasteiger partial charge >= 0.3 is 5.97 Å². The van der Waals surface area contributed by atoms with Crippen molar-refractivity contribution in [1.82, 2.24) is 16.0 Å². The van der Waals surface area contributed by atoms with Crippen LogP contribution in [0.5, 0.6) is 0 Å². The lowest BCUT2D eigenvalue weighted by atomic mass is 10.0. The van der Waals surface area contributed by atoms with Crippen LogP contribution in [0, 0.1) is 11.8 Å². The van der Waals surface area contributed by atoms with E-state index in [4.69, 9.17) is 17.2 Å². The van der Waals surface area contributed by atoms with Gasteiger partial charge in [0.25, 0.3) is 0 Å². The van der Waals surface area contributed by atoms with Gasteiger partial charge in [-0.05, 0) is 31.1 Å². The molecule has 0 spiro atoms. The second kappa shape index (κ2) is 15.3. The van der Waals surface area contributed by atoms with Crippen LogP contribution in [0.15, 0.2) is 4.99 Å². The predicted octanol–water partition coefficient (Wildman–Crippen LogP) is -1.46. The summed E-state index contributed by atoms with van der Waals surface area (Å²) in [4.78, 5) is 53.4. The fourth-order valence-electron chi connectivity index (χ4n) is 2.88. The smallest absolute Gasteiger partial charge is 0.326 e. The molecule has 0 aliphatic carbocycles. The van der Waals surface area contributed by atoms with E-state index in [1.165, 1.54) is 0 Å². The van der Waals surface area contributed by atoms with Crippen molar-refractivity contribution in [3.05, 3.63) is 0 Å². The number of hydrogen-bond acceptors (Lipinski definition) is 7. The van der Waals surface area contributed by atoms with Crippen LogP contribution < -0.4 is 33.2 Å². The molecule has 0 aliphatic rings. The van der Waals surface area contributed by atoms with Crippen molar-refractivity contribution in [1.29, 1.82) is 0 Å². The molecule has 10 N–H and O–H groups in total. The number of rotatable bonds is 15. The van der Waals surface area contributed by atoms with Crippen LogP contribution in [0.2, 0.25) is 0 Å². The molecule has 190 valence electrons. The standard InChI is InChI=1S/C20H39N7O5S/c1-10(2)8-14(19(31)32)26-17(29)13(6-5-7-24-20(22)23)25-18(30)15(11(3)4)27-16(28)12(21)9-33/h10-15,33H,5-9,21H2,1-4H3,(H,25,30)(H,26,29)(H,27,28)(H,31,32)(H4,22,23,24). The average Bonchev–Trinajstić information content (AvgIpc) is 2.71. The Labute approximate surface area is 200 Å². The lowest BCUT2D eigenvalue weighted by Gasteiger charge is -2.27. The summed E-state index contributed by atoms with van der Waals surface area (Å²) in [5.74, 6) is -3.25. The van der Waals surface area contributed by atoms with Crippen LogP contribution in [0.25, 0.3) is 0 Å². The molecule has 0 saturated carbocycles. The van der Waals surface area contributed by atoms with E-state index in [9.17, 15) is 24.3 Å². The third-order valence-electron chi connectivity index (χ3n) is 4.68. The molecule has 4 atom stereocenters. The fraction of sp³-hybridized carbons (Fsp3) is 0.750. The number of nitrogens with zero attached hydrogens (tertiary/aromatic N) is 1. The first kappa shape index (κ1) is 30.5. The Bertz CT molecular complexity index is 698. The van der Waals surface area contributed by atoms with Crippen LogP contribution in [0.4, 0.5) is 0 Å². The van der Waals surface area contributed by atoms with Crippen molar-refractivity contribution in [2.45, 2.75) is 71.1 Å². The number of carboxylic acid groups (broad SMARTS) is 1. The van der Waals surface area contributed by atoms with E-state index in [0.29, 0.717) is 6.42 Å². The second-order valence-electron chi connectivity index (χ2n) is 8.56. The predicted molar refractivity (Wildman–Crippen MR) is 129 cm³/mol. The van der Waals surface area contributed by atoms with Gasteiger partial charge in [0.1, 0.15) is 18.1 Å². The Morgan fingerprint density at radius 2 is 1.52 bits per heavy atom. The Morgan fingerprint density at radius 3 is 1.97 bits per heavy atom. The van der Waals surface area contributed by atoms with E-state index < -0.39 is 47.9 Å². The van der Waals surface area contributed by atoms with Crippen molar-refractivity contribution in [3.8, 4) is 0 Å². The first-order valence-corrected chi connectivity index (χ1v) is 11.5. The molecule has 13 heteroatoms. The van der Waals surface area contributed by atoms with Gasteiger partial charge in [-0.3, -0.25) is 19.4 Å². The van der Waals surface area contributed by atoms with Crippen LogP contribution in [-0.2, 0) is 19.2 Å². The number of hydrogen-bond donors (Lipinski definition) is 8. The van der Waals surface area contributed by atoms with Gasteiger partial charge in [0.05, 0.1) is 6.04 Å². The fourth-order valence-corrected chi connectivity index (χ4v) is 3.04. The van der Waals surface area contributed by atoms with Crippen molar-refractivity contribution in [2.75, 3.05) is 12.3 Å². The lowest BCUT2D eigenvalue weighted by molar-refractivity contribution is -0.143. The number of thiol groups is 1. The Hall–Kier alpha value is -2.54. The minimum absolute atomic E-state index is 0.0258. The van der Waals surface area contributed by atoms with Crippen LogP contribution >= 0.6 is 12.6 Å². The number of amides is 3. The number of guanidine groups is 1. The van der Waals surface area contributed by atoms with E-state index in [-0.39, 0.29) is 42.9 Å². The zero-order valence-corrected chi connectivity index (χ0v) is 20.6. The molecule has 0 aromatic heterocycles. The Kier molecular flexibility index (Phi) is 14.1. The maximum atomic E-state index is 12.9. The number of aliphatic imine (C=N–C) groups is 1. The quantitative estimate of drug-likeness (QED) is 0.0587. The molecule has 0 rings (SSSR count). The topological polar surface area (TPSA) is 215 Å². The molecule has 33 heavy (non-hydrogen) atoms. The van der Waals surface area contributed by atoms with Crippen molar-refractivity contribution in [2.24, 2.45) is 34.0 Å². The normalized spacial score (nSPS) is 14.7. The van der Waals surface area contributed by atoms with Crippen molar-refractivity contribution >= 4 is 42.3 Å². The second-order valence-corrected chi connectivity index (χ2v) is 8.92. The van der Waals surface area contributed by atoms with Gasteiger partial charge in [-0.15, -0.1) is 0 Å². The SMILES string of the molecule is CC(C)CC(NC(=O)C(CCCN=C(N)N)NC(=O)C(NC(=O)C(N)CS)C(C)C)C(=O)O. The molecule has 0 aromatic rings. The molecule has 0 saturated heterocycles. The number of carboxylic acids is 1.